The van der Waals surface area contributed by atoms with Crippen LogP contribution in [0.3, 0.4) is 0 Å². The Hall–Kier alpha value is -1.52. The van der Waals surface area contributed by atoms with Crippen molar-refractivity contribution in [2.75, 3.05) is 21.3 Å². The van der Waals surface area contributed by atoms with Crippen LogP contribution in [0.25, 0.3) is 0 Å². The van der Waals surface area contributed by atoms with Crippen molar-refractivity contribution >= 4 is 11.3 Å². The fourth-order valence-corrected chi connectivity index (χ4v) is 3.47. The summed E-state index contributed by atoms with van der Waals surface area (Å²) in [4.78, 5) is 1.22. The van der Waals surface area contributed by atoms with Crippen LogP contribution < -0.4 is 14.8 Å². The van der Waals surface area contributed by atoms with Gasteiger partial charge in [-0.2, -0.15) is 0 Å². The lowest BCUT2D eigenvalue weighted by atomic mass is 9.97. The van der Waals surface area contributed by atoms with E-state index in [0.717, 1.165) is 11.5 Å². The third-order valence-corrected chi connectivity index (χ3v) is 4.38. The molecule has 3 nitrogen and oxygen atoms in total. The minimum absolute atomic E-state index is 0.111. The van der Waals surface area contributed by atoms with Crippen molar-refractivity contribution in [3.05, 3.63) is 45.1 Å². The van der Waals surface area contributed by atoms with Crippen LogP contribution in [0.4, 0.5) is 0 Å². The Kier molecular flexibility index (Phi) is 4.68. The first-order valence-electron chi connectivity index (χ1n) is 6.55. The molecule has 0 saturated heterocycles. The molecule has 0 aliphatic carbocycles. The van der Waals surface area contributed by atoms with Crippen LogP contribution in [0.5, 0.6) is 11.5 Å². The molecule has 0 radical (unpaired) electrons. The lowest BCUT2D eigenvalue weighted by Crippen LogP contribution is -2.18. The summed E-state index contributed by atoms with van der Waals surface area (Å²) < 4.78 is 10.9. The highest BCUT2D eigenvalue weighted by molar-refractivity contribution is 7.10. The molecule has 1 heterocycles. The van der Waals surface area contributed by atoms with Crippen LogP contribution in [0.15, 0.2) is 23.6 Å². The van der Waals surface area contributed by atoms with E-state index < -0.39 is 0 Å². The first-order valence-corrected chi connectivity index (χ1v) is 7.43. The van der Waals surface area contributed by atoms with Crippen molar-refractivity contribution < 1.29 is 9.47 Å². The van der Waals surface area contributed by atoms with Gasteiger partial charge >= 0.3 is 0 Å². The van der Waals surface area contributed by atoms with Crippen molar-refractivity contribution in [1.29, 1.82) is 0 Å². The number of methoxy groups -OCH3 is 2. The number of hydrogen-bond donors (Lipinski definition) is 1. The molecule has 108 valence electrons. The van der Waals surface area contributed by atoms with Crippen molar-refractivity contribution in [3.63, 3.8) is 0 Å². The van der Waals surface area contributed by atoms with E-state index in [2.05, 4.69) is 37.4 Å². The fourth-order valence-electron chi connectivity index (χ4n) is 2.50. The molecule has 0 fully saturated rings. The van der Waals surface area contributed by atoms with Crippen LogP contribution in [-0.2, 0) is 0 Å². The smallest absolute Gasteiger partial charge is 0.129 e. The summed E-state index contributed by atoms with van der Waals surface area (Å²) in [5.74, 6) is 1.82. The maximum absolute atomic E-state index is 5.58. The van der Waals surface area contributed by atoms with Crippen molar-refractivity contribution in [2.45, 2.75) is 19.9 Å². The first-order chi connectivity index (χ1) is 9.60. The fraction of sp³-hybridized carbons (Fsp3) is 0.375. The topological polar surface area (TPSA) is 30.5 Å². The highest BCUT2D eigenvalue weighted by Gasteiger charge is 2.21. The Balaban J connectivity index is 2.51. The van der Waals surface area contributed by atoms with Gasteiger partial charge in [-0.25, -0.2) is 0 Å². The van der Waals surface area contributed by atoms with Gasteiger partial charge in [-0.15, -0.1) is 11.3 Å². The van der Waals surface area contributed by atoms with Gasteiger partial charge in [0.05, 0.1) is 20.3 Å². The molecule has 0 spiro atoms. The minimum Gasteiger partial charge on any atom is -0.496 e. The molecule has 0 aliphatic heterocycles. The van der Waals surface area contributed by atoms with Crippen LogP contribution in [0.2, 0.25) is 0 Å². The molecule has 1 atom stereocenters. The Morgan fingerprint density at radius 3 is 2.40 bits per heavy atom. The zero-order valence-corrected chi connectivity index (χ0v) is 13.4. The summed E-state index contributed by atoms with van der Waals surface area (Å²) in [7, 11) is 5.38. The van der Waals surface area contributed by atoms with E-state index in [0.29, 0.717) is 0 Å². The number of ether oxygens (including phenoxy) is 2. The van der Waals surface area contributed by atoms with Crippen LogP contribution in [-0.4, -0.2) is 21.3 Å². The van der Waals surface area contributed by atoms with Gasteiger partial charge in [0.2, 0.25) is 0 Å². The minimum atomic E-state index is 0.111. The largest absolute Gasteiger partial charge is 0.496 e. The second-order valence-electron chi connectivity index (χ2n) is 4.81. The maximum atomic E-state index is 5.58. The monoisotopic (exact) mass is 291 g/mol. The molecular formula is C16H21NO2S. The molecule has 0 bridgehead atoms. The average Bonchev–Trinajstić information content (AvgIpc) is 2.90. The number of rotatable bonds is 5. The lowest BCUT2D eigenvalue weighted by Gasteiger charge is -2.21. The van der Waals surface area contributed by atoms with E-state index in [1.165, 1.54) is 21.6 Å². The van der Waals surface area contributed by atoms with Crippen molar-refractivity contribution in [3.8, 4) is 11.5 Å². The summed E-state index contributed by atoms with van der Waals surface area (Å²) >= 11 is 1.69. The Labute approximate surface area is 124 Å². The second-order valence-corrected chi connectivity index (χ2v) is 5.75. The second kappa shape index (κ2) is 6.29. The van der Waals surface area contributed by atoms with Gasteiger partial charge in [0.1, 0.15) is 11.5 Å². The molecule has 20 heavy (non-hydrogen) atoms. The van der Waals surface area contributed by atoms with E-state index in [-0.39, 0.29) is 6.04 Å². The maximum Gasteiger partial charge on any atom is 0.129 e. The zero-order valence-electron chi connectivity index (χ0n) is 12.6. The van der Waals surface area contributed by atoms with Gasteiger partial charge in [0.15, 0.2) is 0 Å². The third kappa shape index (κ3) is 2.81. The molecule has 1 N–H and O–H groups in total. The molecule has 1 aromatic carbocycles. The van der Waals surface area contributed by atoms with E-state index >= 15 is 0 Å². The molecule has 0 saturated carbocycles. The van der Waals surface area contributed by atoms with E-state index in [1.54, 1.807) is 25.6 Å². The van der Waals surface area contributed by atoms with Gasteiger partial charge in [0.25, 0.3) is 0 Å². The summed E-state index contributed by atoms with van der Waals surface area (Å²) in [6, 6.07) is 6.45. The van der Waals surface area contributed by atoms with E-state index in [4.69, 9.17) is 9.47 Å². The molecule has 1 aromatic heterocycles. The SMILES string of the molecule is CNC(c1cc(OC)cs1)c1c(C)cc(C)cc1OC. The summed E-state index contributed by atoms with van der Waals surface area (Å²) in [6.45, 7) is 4.21. The van der Waals surface area contributed by atoms with Gasteiger partial charge in [-0.1, -0.05) is 6.07 Å². The number of nitrogens with one attached hydrogen (secondary N) is 1. The van der Waals surface area contributed by atoms with E-state index in [9.17, 15) is 0 Å². The van der Waals surface area contributed by atoms with Gasteiger partial charge in [0, 0.05) is 15.8 Å². The summed E-state index contributed by atoms with van der Waals surface area (Å²) in [6.07, 6.45) is 0. The Bertz CT molecular complexity index is 592. The standard InChI is InChI=1S/C16H21NO2S/c1-10-6-11(2)15(13(7-10)19-5)16(17-3)14-8-12(18-4)9-20-14/h6-9,16-17H,1-5H3. The summed E-state index contributed by atoms with van der Waals surface area (Å²) in [5.41, 5.74) is 3.63. The summed E-state index contributed by atoms with van der Waals surface area (Å²) in [5, 5.41) is 5.41. The highest BCUT2D eigenvalue weighted by atomic mass is 32.1. The van der Waals surface area contributed by atoms with Gasteiger partial charge in [-0.3, -0.25) is 0 Å². The zero-order chi connectivity index (χ0) is 14.7. The number of hydrogen-bond acceptors (Lipinski definition) is 4. The normalized spacial score (nSPS) is 12.2. The Morgan fingerprint density at radius 2 is 1.85 bits per heavy atom. The number of thiophene rings is 1. The molecule has 1 unspecified atom stereocenters. The number of benzene rings is 1. The number of aryl methyl sites for hydroxylation is 2. The lowest BCUT2D eigenvalue weighted by molar-refractivity contribution is 0.404. The van der Waals surface area contributed by atoms with Crippen molar-refractivity contribution in [1.82, 2.24) is 5.32 Å². The molecular weight excluding hydrogens is 270 g/mol. The predicted molar refractivity (Wildman–Crippen MR) is 84.2 cm³/mol. The molecule has 0 aliphatic rings. The van der Waals surface area contributed by atoms with Gasteiger partial charge < -0.3 is 14.8 Å². The molecule has 2 rings (SSSR count). The molecule has 2 aromatic rings. The predicted octanol–water partition coefficient (Wildman–Crippen LogP) is 3.69. The van der Waals surface area contributed by atoms with Crippen LogP contribution in [0, 0.1) is 13.8 Å². The Morgan fingerprint density at radius 1 is 1.10 bits per heavy atom. The average molecular weight is 291 g/mol. The van der Waals surface area contributed by atoms with Crippen LogP contribution in [0.1, 0.15) is 27.6 Å². The third-order valence-electron chi connectivity index (χ3n) is 3.41. The first kappa shape index (κ1) is 14.9. The van der Waals surface area contributed by atoms with Crippen molar-refractivity contribution in [2.24, 2.45) is 0 Å². The molecule has 4 heteroatoms. The molecule has 0 amide bonds. The van der Waals surface area contributed by atoms with Gasteiger partial charge in [-0.05, 0) is 44.2 Å². The highest BCUT2D eigenvalue weighted by Crippen LogP contribution is 2.37. The van der Waals surface area contributed by atoms with E-state index in [1.807, 2.05) is 12.4 Å². The quantitative estimate of drug-likeness (QED) is 0.911. The van der Waals surface area contributed by atoms with Crippen LogP contribution >= 0.6 is 11.3 Å².